The zero-order chi connectivity index (χ0) is 16.1. The Bertz CT molecular complexity index is 650. The first kappa shape index (κ1) is 15.7. The van der Waals surface area contributed by atoms with E-state index in [0.29, 0.717) is 6.04 Å². The lowest BCUT2D eigenvalue weighted by Crippen LogP contribution is -3.27. The minimum Gasteiger partial charge on any atom is -0.322 e. The summed E-state index contributed by atoms with van der Waals surface area (Å²) in [5.41, 5.74) is 3.52. The maximum absolute atomic E-state index is 8.87. The van der Waals surface area contributed by atoms with E-state index in [2.05, 4.69) is 55.5 Å². The smallest absolute Gasteiger partial charge is 0.127 e. The number of hydrogen-bond acceptors (Lipinski definition) is 1. The summed E-state index contributed by atoms with van der Waals surface area (Å²) in [6, 6.07) is 21.6. The lowest BCUT2D eigenvalue weighted by Gasteiger charge is -2.33. The first-order chi connectivity index (χ1) is 11.3. The van der Waals surface area contributed by atoms with E-state index in [1.165, 1.54) is 37.3 Å². The third-order valence-electron chi connectivity index (χ3n) is 5.05. The first-order valence-corrected chi connectivity index (χ1v) is 8.48. The average molecular weight is 307 g/mol. The molecule has 3 heteroatoms. The number of benzene rings is 2. The second-order valence-corrected chi connectivity index (χ2v) is 6.53. The lowest BCUT2D eigenvalue weighted by molar-refractivity contribution is -1.03. The third kappa shape index (κ3) is 3.98. The molecule has 0 amide bonds. The van der Waals surface area contributed by atoms with E-state index < -0.39 is 0 Å². The molecule has 3 nitrogen and oxygen atoms in total. The molecule has 1 aliphatic heterocycles. The molecule has 1 aliphatic rings. The Morgan fingerprint density at radius 3 is 2.22 bits per heavy atom. The largest absolute Gasteiger partial charge is 0.322 e. The molecular weight excluding hydrogens is 282 g/mol. The molecule has 3 rings (SSSR count). The molecule has 0 aliphatic carbocycles. The van der Waals surface area contributed by atoms with Gasteiger partial charge in [0.25, 0.3) is 0 Å². The van der Waals surface area contributed by atoms with E-state index in [1.54, 1.807) is 9.80 Å². The number of hydrogen-bond donors (Lipinski definition) is 2. The van der Waals surface area contributed by atoms with Crippen LogP contribution in [0, 0.1) is 11.3 Å². The maximum atomic E-state index is 8.87. The molecule has 1 saturated heterocycles. The summed E-state index contributed by atoms with van der Waals surface area (Å²) >= 11 is 0. The topological polar surface area (TPSA) is 32.7 Å². The van der Waals surface area contributed by atoms with E-state index >= 15 is 0 Å². The average Bonchev–Trinajstić information content (AvgIpc) is 2.63. The fraction of sp³-hybridized carbons (Fsp3) is 0.350. The number of nitrogens with one attached hydrogen (secondary N) is 2. The fourth-order valence-corrected chi connectivity index (χ4v) is 3.50. The fourth-order valence-electron chi connectivity index (χ4n) is 3.50. The van der Waals surface area contributed by atoms with Crippen LogP contribution in [0.25, 0.3) is 0 Å². The van der Waals surface area contributed by atoms with Gasteiger partial charge in [-0.15, -0.1) is 0 Å². The van der Waals surface area contributed by atoms with E-state index in [0.717, 1.165) is 12.1 Å². The highest BCUT2D eigenvalue weighted by atomic mass is 15.3. The Balaban J connectivity index is 1.53. The van der Waals surface area contributed by atoms with E-state index in [1.807, 2.05) is 12.1 Å². The Kier molecular flexibility index (Phi) is 5.07. The van der Waals surface area contributed by atoms with Crippen molar-refractivity contribution < 1.29 is 9.80 Å². The van der Waals surface area contributed by atoms with Gasteiger partial charge in [-0.3, -0.25) is 0 Å². The van der Waals surface area contributed by atoms with Crippen molar-refractivity contribution in [3.05, 3.63) is 71.3 Å². The van der Waals surface area contributed by atoms with Crippen LogP contribution in [0.5, 0.6) is 0 Å². The molecule has 2 N–H and O–H groups in total. The monoisotopic (exact) mass is 307 g/mol. The van der Waals surface area contributed by atoms with Gasteiger partial charge in [0.05, 0.1) is 11.6 Å². The predicted octanol–water partition coefficient (Wildman–Crippen LogP) is 0.603. The predicted molar refractivity (Wildman–Crippen MR) is 91.1 cm³/mol. The third-order valence-corrected chi connectivity index (χ3v) is 5.05. The van der Waals surface area contributed by atoms with Crippen LogP contribution < -0.4 is 9.80 Å². The second kappa shape index (κ2) is 7.41. The van der Waals surface area contributed by atoms with Gasteiger partial charge in [0.15, 0.2) is 0 Å². The molecule has 1 atom stereocenters. The highest BCUT2D eigenvalue weighted by Crippen LogP contribution is 2.07. The van der Waals surface area contributed by atoms with Crippen molar-refractivity contribution in [2.45, 2.75) is 19.5 Å². The first-order valence-electron chi connectivity index (χ1n) is 8.48. The molecule has 0 unspecified atom stereocenters. The molecule has 1 fully saturated rings. The van der Waals surface area contributed by atoms with Crippen LogP contribution in [0.15, 0.2) is 54.6 Å². The van der Waals surface area contributed by atoms with Crippen molar-refractivity contribution in [2.75, 3.05) is 26.2 Å². The van der Waals surface area contributed by atoms with Crippen LogP contribution >= 0.6 is 0 Å². The zero-order valence-corrected chi connectivity index (χ0v) is 13.8. The van der Waals surface area contributed by atoms with Gasteiger partial charge in [-0.05, 0) is 19.1 Å². The summed E-state index contributed by atoms with van der Waals surface area (Å²) in [4.78, 5) is 3.35. The highest BCUT2D eigenvalue weighted by Gasteiger charge is 2.27. The summed E-state index contributed by atoms with van der Waals surface area (Å²) < 4.78 is 0. The van der Waals surface area contributed by atoms with Crippen molar-refractivity contribution >= 4 is 0 Å². The van der Waals surface area contributed by atoms with Crippen molar-refractivity contribution in [3.63, 3.8) is 0 Å². The van der Waals surface area contributed by atoms with Crippen LogP contribution in [0.1, 0.15) is 29.7 Å². The van der Waals surface area contributed by atoms with Gasteiger partial charge in [0.2, 0.25) is 0 Å². The number of piperazine rings is 1. The van der Waals surface area contributed by atoms with Gasteiger partial charge in [-0.2, -0.15) is 5.26 Å². The number of nitriles is 1. The van der Waals surface area contributed by atoms with Gasteiger partial charge >= 0.3 is 0 Å². The summed E-state index contributed by atoms with van der Waals surface area (Å²) in [7, 11) is 0. The molecule has 1 heterocycles. The highest BCUT2D eigenvalue weighted by molar-refractivity contribution is 5.31. The van der Waals surface area contributed by atoms with Gasteiger partial charge in [0, 0.05) is 11.1 Å². The quantitative estimate of drug-likeness (QED) is 0.852. The van der Waals surface area contributed by atoms with Crippen molar-refractivity contribution in [3.8, 4) is 6.07 Å². The molecule has 0 radical (unpaired) electrons. The van der Waals surface area contributed by atoms with Crippen LogP contribution in [-0.2, 0) is 6.54 Å². The summed E-state index contributed by atoms with van der Waals surface area (Å²) in [6.07, 6.45) is 0. The Morgan fingerprint density at radius 1 is 0.957 bits per heavy atom. The number of nitrogens with zero attached hydrogens (tertiary/aromatic N) is 1. The molecule has 0 bridgehead atoms. The van der Waals surface area contributed by atoms with Crippen molar-refractivity contribution in [1.29, 1.82) is 5.26 Å². The Morgan fingerprint density at radius 2 is 1.61 bits per heavy atom. The van der Waals surface area contributed by atoms with Gasteiger partial charge in [-0.25, -0.2) is 0 Å². The lowest BCUT2D eigenvalue weighted by atomic mass is 10.1. The standard InChI is InChI=1S/C20H23N3/c1-17(20-5-3-2-4-6-20)23-13-11-22(12-14-23)16-19-9-7-18(15-21)8-10-19/h2-10,17H,11-14,16H2,1H3/p+2/t17-/m0/s1. The summed E-state index contributed by atoms with van der Waals surface area (Å²) in [6.45, 7) is 8.29. The molecule has 118 valence electrons. The van der Waals surface area contributed by atoms with Crippen molar-refractivity contribution in [1.82, 2.24) is 0 Å². The minimum absolute atomic E-state index is 0.577. The van der Waals surface area contributed by atoms with Crippen LogP contribution in [0.2, 0.25) is 0 Å². The number of rotatable bonds is 4. The molecule has 0 saturated carbocycles. The molecule has 2 aromatic carbocycles. The van der Waals surface area contributed by atoms with Crippen LogP contribution in [0.3, 0.4) is 0 Å². The second-order valence-electron chi connectivity index (χ2n) is 6.53. The van der Waals surface area contributed by atoms with Crippen LogP contribution in [0.4, 0.5) is 0 Å². The Hall–Kier alpha value is -2.15. The molecule has 0 aromatic heterocycles. The van der Waals surface area contributed by atoms with Gasteiger partial charge in [-0.1, -0.05) is 42.5 Å². The van der Waals surface area contributed by atoms with E-state index in [4.69, 9.17) is 5.26 Å². The molecule has 2 aromatic rings. The molecule has 0 spiro atoms. The summed E-state index contributed by atoms with van der Waals surface area (Å²) in [5.74, 6) is 0. The molecule has 23 heavy (non-hydrogen) atoms. The number of quaternary nitrogens is 2. The molecular formula is C20H25N3+2. The van der Waals surface area contributed by atoms with E-state index in [9.17, 15) is 0 Å². The van der Waals surface area contributed by atoms with Gasteiger partial charge in [0.1, 0.15) is 38.8 Å². The van der Waals surface area contributed by atoms with Crippen molar-refractivity contribution in [2.24, 2.45) is 0 Å². The normalized spacial score (nSPS) is 22.3. The van der Waals surface area contributed by atoms with E-state index in [-0.39, 0.29) is 0 Å². The summed E-state index contributed by atoms with van der Waals surface area (Å²) in [5, 5.41) is 8.87. The van der Waals surface area contributed by atoms with Gasteiger partial charge < -0.3 is 9.80 Å². The maximum Gasteiger partial charge on any atom is 0.127 e. The zero-order valence-electron chi connectivity index (χ0n) is 13.8. The Labute approximate surface area is 138 Å². The minimum atomic E-state index is 0.577. The SMILES string of the molecule is C[C@@H](c1ccccc1)[NH+]1CC[NH+](Cc2ccc(C#N)cc2)CC1. The van der Waals surface area contributed by atoms with Crippen LogP contribution in [-0.4, -0.2) is 26.2 Å².